The fourth-order valence-corrected chi connectivity index (χ4v) is 2.50. The van der Waals surface area contributed by atoms with Gasteiger partial charge in [0.1, 0.15) is 5.82 Å². The molecule has 0 aliphatic carbocycles. The summed E-state index contributed by atoms with van der Waals surface area (Å²) in [6.45, 7) is 0.564. The average molecular weight is 323 g/mol. The standard InChI is InChI=1S/C15H16BrFN2/c1-19(15-5-3-2-4-13(15)17)14-7-6-12(16)10-11(14)8-9-18/h2-7,10H,8-9,18H2,1H3. The van der Waals surface area contributed by atoms with Crippen LogP contribution in [0.1, 0.15) is 5.56 Å². The van der Waals surface area contributed by atoms with E-state index in [0.29, 0.717) is 12.2 Å². The number of benzene rings is 2. The molecule has 0 saturated heterocycles. The van der Waals surface area contributed by atoms with E-state index in [2.05, 4.69) is 15.9 Å². The summed E-state index contributed by atoms with van der Waals surface area (Å²) in [6.07, 6.45) is 0.758. The lowest BCUT2D eigenvalue weighted by molar-refractivity contribution is 0.627. The number of nitrogens with zero attached hydrogens (tertiary/aromatic N) is 1. The van der Waals surface area contributed by atoms with Gasteiger partial charge in [-0.1, -0.05) is 28.1 Å². The summed E-state index contributed by atoms with van der Waals surface area (Å²) >= 11 is 3.45. The number of hydrogen-bond acceptors (Lipinski definition) is 2. The quantitative estimate of drug-likeness (QED) is 0.926. The Balaban J connectivity index is 2.43. The van der Waals surface area contributed by atoms with Crippen LogP contribution < -0.4 is 10.6 Å². The lowest BCUT2D eigenvalue weighted by Gasteiger charge is -2.23. The first-order valence-electron chi connectivity index (χ1n) is 6.10. The summed E-state index contributed by atoms with van der Waals surface area (Å²) in [5.74, 6) is -0.230. The van der Waals surface area contributed by atoms with Crippen molar-refractivity contribution in [3.05, 3.63) is 58.3 Å². The molecule has 0 radical (unpaired) electrons. The smallest absolute Gasteiger partial charge is 0.146 e. The van der Waals surface area contributed by atoms with Crippen LogP contribution in [0.3, 0.4) is 0 Å². The van der Waals surface area contributed by atoms with Crippen LogP contribution in [-0.4, -0.2) is 13.6 Å². The predicted octanol–water partition coefficient (Wildman–Crippen LogP) is 3.86. The highest BCUT2D eigenvalue weighted by Gasteiger charge is 2.12. The molecule has 4 heteroatoms. The predicted molar refractivity (Wildman–Crippen MR) is 81.4 cm³/mol. The molecular formula is C15H16BrFN2. The highest BCUT2D eigenvalue weighted by molar-refractivity contribution is 9.10. The molecular weight excluding hydrogens is 307 g/mol. The lowest BCUT2D eigenvalue weighted by Crippen LogP contribution is -2.15. The van der Waals surface area contributed by atoms with Crippen molar-refractivity contribution in [2.45, 2.75) is 6.42 Å². The first kappa shape index (κ1) is 14.0. The molecule has 0 aliphatic heterocycles. The van der Waals surface area contributed by atoms with Crippen molar-refractivity contribution < 1.29 is 4.39 Å². The normalized spacial score (nSPS) is 10.5. The first-order chi connectivity index (χ1) is 9.13. The Bertz CT molecular complexity index is 572. The van der Waals surface area contributed by atoms with Gasteiger partial charge in [-0.05, 0) is 48.9 Å². The number of rotatable bonds is 4. The van der Waals surface area contributed by atoms with Crippen LogP contribution in [0.25, 0.3) is 0 Å². The van der Waals surface area contributed by atoms with E-state index in [0.717, 1.165) is 22.1 Å². The topological polar surface area (TPSA) is 29.3 Å². The Morgan fingerprint density at radius 1 is 1.16 bits per heavy atom. The Kier molecular flexibility index (Phi) is 4.56. The second-order valence-electron chi connectivity index (χ2n) is 4.32. The summed E-state index contributed by atoms with van der Waals surface area (Å²) in [5.41, 5.74) is 8.27. The third-order valence-electron chi connectivity index (χ3n) is 3.03. The van der Waals surface area contributed by atoms with Crippen molar-refractivity contribution >= 4 is 27.3 Å². The van der Waals surface area contributed by atoms with Gasteiger partial charge in [-0.25, -0.2) is 4.39 Å². The Hall–Kier alpha value is -1.39. The van der Waals surface area contributed by atoms with Gasteiger partial charge >= 0.3 is 0 Å². The van der Waals surface area contributed by atoms with E-state index in [1.54, 1.807) is 12.1 Å². The molecule has 0 bridgehead atoms. The third-order valence-corrected chi connectivity index (χ3v) is 3.52. The average Bonchev–Trinajstić information content (AvgIpc) is 2.39. The first-order valence-corrected chi connectivity index (χ1v) is 6.89. The monoisotopic (exact) mass is 322 g/mol. The van der Waals surface area contributed by atoms with Gasteiger partial charge in [-0.3, -0.25) is 0 Å². The Morgan fingerprint density at radius 2 is 1.89 bits per heavy atom. The SMILES string of the molecule is CN(c1ccccc1F)c1ccc(Br)cc1CCN. The van der Waals surface area contributed by atoms with Gasteiger partial charge in [0.2, 0.25) is 0 Å². The number of halogens is 2. The van der Waals surface area contributed by atoms with Crippen LogP contribution in [-0.2, 0) is 6.42 Å². The molecule has 0 amide bonds. The molecule has 0 fully saturated rings. The Labute approximate surface area is 121 Å². The zero-order valence-electron chi connectivity index (χ0n) is 10.7. The van der Waals surface area contributed by atoms with E-state index >= 15 is 0 Å². The van der Waals surface area contributed by atoms with Crippen LogP contribution >= 0.6 is 15.9 Å². The minimum Gasteiger partial charge on any atom is -0.342 e. The number of nitrogens with two attached hydrogens (primary N) is 1. The maximum Gasteiger partial charge on any atom is 0.146 e. The zero-order chi connectivity index (χ0) is 13.8. The second-order valence-corrected chi connectivity index (χ2v) is 5.24. The Morgan fingerprint density at radius 3 is 2.58 bits per heavy atom. The molecule has 2 rings (SSSR count). The number of para-hydroxylation sites is 1. The fraction of sp³-hybridized carbons (Fsp3) is 0.200. The molecule has 0 unspecified atom stereocenters. The zero-order valence-corrected chi connectivity index (χ0v) is 12.3. The molecule has 0 spiro atoms. The molecule has 0 atom stereocenters. The maximum atomic E-state index is 13.8. The van der Waals surface area contributed by atoms with Crippen LogP contribution in [0.15, 0.2) is 46.9 Å². The van der Waals surface area contributed by atoms with Crippen molar-refractivity contribution in [2.75, 3.05) is 18.5 Å². The van der Waals surface area contributed by atoms with Crippen molar-refractivity contribution in [3.8, 4) is 0 Å². The van der Waals surface area contributed by atoms with Gasteiger partial charge in [0.15, 0.2) is 0 Å². The van der Waals surface area contributed by atoms with Crippen molar-refractivity contribution in [2.24, 2.45) is 5.73 Å². The van der Waals surface area contributed by atoms with Gasteiger partial charge < -0.3 is 10.6 Å². The van der Waals surface area contributed by atoms with Crippen molar-refractivity contribution in [1.29, 1.82) is 0 Å². The minimum atomic E-state index is -0.230. The van der Waals surface area contributed by atoms with Crippen molar-refractivity contribution in [1.82, 2.24) is 0 Å². The minimum absolute atomic E-state index is 0.230. The molecule has 100 valence electrons. The molecule has 2 N–H and O–H groups in total. The summed E-state index contributed by atoms with van der Waals surface area (Å²) in [6, 6.07) is 12.7. The van der Waals surface area contributed by atoms with E-state index in [1.807, 2.05) is 36.2 Å². The van der Waals surface area contributed by atoms with E-state index in [-0.39, 0.29) is 5.82 Å². The maximum absolute atomic E-state index is 13.8. The van der Waals surface area contributed by atoms with Crippen LogP contribution in [0.2, 0.25) is 0 Å². The lowest BCUT2D eigenvalue weighted by atomic mass is 10.1. The van der Waals surface area contributed by atoms with Crippen LogP contribution in [0, 0.1) is 5.82 Å². The summed E-state index contributed by atoms with van der Waals surface area (Å²) < 4.78 is 14.8. The van der Waals surface area contributed by atoms with Gasteiger partial charge in [0.05, 0.1) is 5.69 Å². The molecule has 2 nitrogen and oxygen atoms in total. The molecule has 2 aromatic rings. The molecule has 0 aliphatic rings. The van der Waals surface area contributed by atoms with E-state index in [1.165, 1.54) is 6.07 Å². The number of anilines is 2. The highest BCUT2D eigenvalue weighted by atomic mass is 79.9. The second kappa shape index (κ2) is 6.17. The van der Waals surface area contributed by atoms with E-state index in [4.69, 9.17) is 5.73 Å². The third kappa shape index (κ3) is 3.14. The molecule has 0 saturated carbocycles. The van der Waals surface area contributed by atoms with Gasteiger partial charge in [-0.15, -0.1) is 0 Å². The number of hydrogen-bond donors (Lipinski definition) is 1. The molecule has 2 aromatic carbocycles. The molecule has 19 heavy (non-hydrogen) atoms. The van der Waals surface area contributed by atoms with Gasteiger partial charge in [0, 0.05) is 17.2 Å². The summed E-state index contributed by atoms with van der Waals surface area (Å²) in [4.78, 5) is 1.85. The van der Waals surface area contributed by atoms with E-state index in [9.17, 15) is 4.39 Å². The van der Waals surface area contributed by atoms with Crippen molar-refractivity contribution in [3.63, 3.8) is 0 Å². The van der Waals surface area contributed by atoms with E-state index < -0.39 is 0 Å². The highest BCUT2D eigenvalue weighted by Crippen LogP contribution is 2.30. The summed E-state index contributed by atoms with van der Waals surface area (Å²) in [7, 11) is 1.86. The van der Waals surface area contributed by atoms with Crippen LogP contribution in [0.4, 0.5) is 15.8 Å². The largest absolute Gasteiger partial charge is 0.342 e. The molecule has 0 aromatic heterocycles. The fourth-order valence-electron chi connectivity index (χ4n) is 2.09. The van der Waals surface area contributed by atoms with Gasteiger partial charge in [-0.2, -0.15) is 0 Å². The summed E-state index contributed by atoms with van der Waals surface area (Å²) in [5, 5.41) is 0. The van der Waals surface area contributed by atoms with Gasteiger partial charge in [0.25, 0.3) is 0 Å². The van der Waals surface area contributed by atoms with Crippen LogP contribution in [0.5, 0.6) is 0 Å². The molecule has 0 heterocycles.